The van der Waals surface area contributed by atoms with E-state index in [0.717, 1.165) is 16.7 Å². The number of aromatic amines is 1. The molecule has 0 aliphatic rings. The van der Waals surface area contributed by atoms with Crippen molar-refractivity contribution in [3.05, 3.63) is 67.5 Å². The summed E-state index contributed by atoms with van der Waals surface area (Å²) in [6.45, 7) is 6.22. The van der Waals surface area contributed by atoms with E-state index in [1.54, 1.807) is 0 Å². The number of aryl methyl sites for hydroxylation is 3. The molecule has 0 radical (unpaired) electrons. The van der Waals surface area contributed by atoms with Crippen LogP contribution in [0.5, 0.6) is 0 Å². The third-order valence-electron chi connectivity index (χ3n) is 3.14. The summed E-state index contributed by atoms with van der Waals surface area (Å²) >= 11 is 0. The zero-order chi connectivity index (χ0) is 14.0. The van der Waals surface area contributed by atoms with Gasteiger partial charge in [0, 0.05) is 11.8 Å². The average molecular weight is 258 g/mol. The standard InChI is InChI=1S/C15H18N2O2/c1-4-13-8-16-15(19)17(14(13)18)9-12-6-10(2)5-11(3)7-12/h5-8H,4,9H2,1-3H3,(H,16,19). The zero-order valence-electron chi connectivity index (χ0n) is 11.5. The van der Waals surface area contributed by atoms with E-state index in [2.05, 4.69) is 11.1 Å². The zero-order valence-corrected chi connectivity index (χ0v) is 11.5. The monoisotopic (exact) mass is 258 g/mol. The van der Waals surface area contributed by atoms with Gasteiger partial charge in [-0.3, -0.25) is 9.36 Å². The molecular formula is C15H18N2O2. The molecule has 2 aromatic rings. The smallest absolute Gasteiger partial charge is 0.314 e. The van der Waals surface area contributed by atoms with Crippen LogP contribution in [0.3, 0.4) is 0 Å². The second kappa shape index (κ2) is 5.26. The van der Waals surface area contributed by atoms with Gasteiger partial charge in [-0.15, -0.1) is 0 Å². The van der Waals surface area contributed by atoms with Gasteiger partial charge in [0.05, 0.1) is 6.54 Å². The molecule has 19 heavy (non-hydrogen) atoms. The lowest BCUT2D eigenvalue weighted by Crippen LogP contribution is -2.36. The summed E-state index contributed by atoms with van der Waals surface area (Å²) in [5.41, 5.74) is 3.30. The van der Waals surface area contributed by atoms with Crippen LogP contribution in [0.25, 0.3) is 0 Å². The third kappa shape index (κ3) is 2.84. The Bertz CT molecular complexity index is 691. The lowest BCUT2D eigenvalue weighted by Gasteiger charge is -2.08. The molecular weight excluding hydrogens is 240 g/mol. The minimum absolute atomic E-state index is 0.203. The van der Waals surface area contributed by atoms with Crippen molar-refractivity contribution in [3.63, 3.8) is 0 Å². The van der Waals surface area contributed by atoms with Crippen molar-refractivity contribution in [2.24, 2.45) is 0 Å². The molecule has 1 heterocycles. The van der Waals surface area contributed by atoms with Crippen LogP contribution in [0, 0.1) is 13.8 Å². The van der Waals surface area contributed by atoms with Gasteiger partial charge < -0.3 is 4.98 Å². The molecule has 100 valence electrons. The maximum atomic E-state index is 12.1. The first-order chi connectivity index (χ1) is 9.01. The molecule has 0 bridgehead atoms. The van der Waals surface area contributed by atoms with Gasteiger partial charge in [0.1, 0.15) is 0 Å². The highest BCUT2D eigenvalue weighted by molar-refractivity contribution is 5.28. The number of hydrogen-bond acceptors (Lipinski definition) is 2. The average Bonchev–Trinajstić information content (AvgIpc) is 2.33. The molecule has 4 nitrogen and oxygen atoms in total. The van der Waals surface area contributed by atoms with E-state index in [-0.39, 0.29) is 11.2 Å². The quantitative estimate of drug-likeness (QED) is 0.912. The Hall–Kier alpha value is -2.10. The Balaban J connectivity index is 2.49. The number of aromatic nitrogens is 2. The molecule has 1 aromatic carbocycles. The SMILES string of the molecule is CCc1c[nH]c(=O)n(Cc2cc(C)cc(C)c2)c1=O. The van der Waals surface area contributed by atoms with Crippen molar-refractivity contribution in [1.29, 1.82) is 0 Å². The molecule has 4 heteroatoms. The summed E-state index contributed by atoms with van der Waals surface area (Å²) in [5, 5.41) is 0. The van der Waals surface area contributed by atoms with Crippen molar-refractivity contribution >= 4 is 0 Å². The number of nitrogens with zero attached hydrogens (tertiary/aromatic N) is 1. The van der Waals surface area contributed by atoms with E-state index in [9.17, 15) is 9.59 Å². The highest BCUT2D eigenvalue weighted by Crippen LogP contribution is 2.09. The first kappa shape index (κ1) is 13.3. The van der Waals surface area contributed by atoms with Gasteiger partial charge in [-0.1, -0.05) is 36.2 Å². The maximum Gasteiger partial charge on any atom is 0.328 e. The van der Waals surface area contributed by atoms with E-state index >= 15 is 0 Å². The molecule has 0 saturated heterocycles. The fourth-order valence-corrected chi connectivity index (χ4v) is 2.29. The van der Waals surface area contributed by atoms with Crippen molar-refractivity contribution < 1.29 is 0 Å². The van der Waals surface area contributed by atoms with E-state index in [4.69, 9.17) is 0 Å². The number of rotatable bonds is 3. The predicted octanol–water partition coefficient (Wildman–Crippen LogP) is 1.76. The Morgan fingerprint density at radius 3 is 2.32 bits per heavy atom. The van der Waals surface area contributed by atoms with E-state index in [1.165, 1.54) is 10.8 Å². The van der Waals surface area contributed by atoms with Gasteiger partial charge in [0.2, 0.25) is 0 Å². The summed E-state index contributed by atoms with van der Waals surface area (Å²) in [7, 11) is 0. The van der Waals surface area contributed by atoms with Gasteiger partial charge in [0.15, 0.2) is 0 Å². The first-order valence-electron chi connectivity index (χ1n) is 6.40. The number of hydrogen-bond donors (Lipinski definition) is 1. The van der Waals surface area contributed by atoms with Crippen LogP contribution in [-0.4, -0.2) is 9.55 Å². The van der Waals surface area contributed by atoms with Crippen molar-refractivity contribution in [1.82, 2.24) is 9.55 Å². The van der Waals surface area contributed by atoms with Gasteiger partial charge in [-0.05, 0) is 25.8 Å². The fourth-order valence-electron chi connectivity index (χ4n) is 2.29. The summed E-state index contributed by atoms with van der Waals surface area (Å²) in [5.74, 6) is 0. The minimum atomic E-state index is -0.360. The normalized spacial score (nSPS) is 10.7. The molecule has 0 unspecified atom stereocenters. The summed E-state index contributed by atoms with van der Waals surface area (Å²) in [4.78, 5) is 26.5. The highest BCUT2D eigenvalue weighted by Gasteiger charge is 2.07. The van der Waals surface area contributed by atoms with Crippen molar-refractivity contribution in [3.8, 4) is 0 Å². The summed E-state index contributed by atoms with van der Waals surface area (Å²) in [6, 6.07) is 6.06. The maximum absolute atomic E-state index is 12.1. The number of nitrogens with one attached hydrogen (secondary N) is 1. The fraction of sp³-hybridized carbons (Fsp3) is 0.333. The predicted molar refractivity (Wildman–Crippen MR) is 75.7 cm³/mol. The lowest BCUT2D eigenvalue weighted by atomic mass is 10.1. The van der Waals surface area contributed by atoms with E-state index < -0.39 is 0 Å². The van der Waals surface area contributed by atoms with Crippen LogP contribution in [0.2, 0.25) is 0 Å². The van der Waals surface area contributed by atoms with Crippen LogP contribution in [0.4, 0.5) is 0 Å². The second-order valence-electron chi connectivity index (χ2n) is 4.86. The highest BCUT2D eigenvalue weighted by atomic mass is 16.2. The lowest BCUT2D eigenvalue weighted by molar-refractivity contribution is 0.685. The third-order valence-corrected chi connectivity index (χ3v) is 3.14. The summed E-state index contributed by atoms with van der Waals surface area (Å²) in [6.07, 6.45) is 2.12. The van der Waals surface area contributed by atoms with Gasteiger partial charge in [-0.2, -0.15) is 0 Å². The molecule has 1 aromatic heterocycles. The first-order valence-corrected chi connectivity index (χ1v) is 6.40. The number of H-pyrrole nitrogens is 1. The van der Waals surface area contributed by atoms with Crippen molar-refractivity contribution in [2.45, 2.75) is 33.7 Å². The van der Waals surface area contributed by atoms with Gasteiger partial charge in [-0.25, -0.2) is 4.79 Å². The Kier molecular flexibility index (Phi) is 3.69. The Morgan fingerprint density at radius 1 is 1.11 bits per heavy atom. The molecule has 0 spiro atoms. The van der Waals surface area contributed by atoms with Crippen molar-refractivity contribution in [2.75, 3.05) is 0 Å². The van der Waals surface area contributed by atoms with E-state index in [1.807, 2.05) is 32.9 Å². The van der Waals surface area contributed by atoms with Crippen LogP contribution in [0.1, 0.15) is 29.2 Å². The molecule has 0 aliphatic heterocycles. The van der Waals surface area contributed by atoms with E-state index in [0.29, 0.717) is 18.5 Å². The molecule has 0 amide bonds. The Morgan fingerprint density at radius 2 is 1.74 bits per heavy atom. The Labute approximate surface area is 111 Å². The second-order valence-corrected chi connectivity index (χ2v) is 4.86. The molecule has 0 atom stereocenters. The number of benzene rings is 1. The topological polar surface area (TPSA) is 54.9 Å². The molecule has 0 fully saturated rings. The molecule has 2 rings (SSSR count). The minimum Gasteiger partial charge on any atom is -0.314 e. The van der Waals surface area contributed by atoms with Gasteiger partial charge >= 0.3 is 5.69 Å². The largest absolute Gasteiger partial charge is 0.328 e. The summed E-state index contributed by atoms with van der Waals surface area (Å²) < 4.78 is 1.26. The molecule has 0 saturated carbocycles. The molecule has 0 aliphatic carbocycles. The van der Waals surface area contributed by atoms with Crippen LogP contribution >= 0.6 is 0 Å². The van der Waals surface area contributed by atoms with Gasteiger partial charge in [0.25, 0.3) is 5.56 Å². The van der Waals surface area contributed by atoms with Crippen LogP contribution in [-0.2, 0) is 13.0 Å². The molecule has 1 N–H and O–H groups in total. The van der Waals surface area contributed by atoms with Crippen LogP contribution in [0.15, 0.2) is 34.0 Å². The van der Waals surface area contributed by atoms with Crippen LogP contribution < -0.4 is 11.2 Å².